The maximum absolute atomic E-state index is 12.8. The number of anilines is 1. The van der Waals surface area contributed by atoms with Gasteiger partial charge in [0.15, 0.2) is 11.5 Å². The minimum atomic E-state index is -1.01. The van der Waals surface area contributed by atoms with E-state index in [1.54, 1.807) is 48.5 Å². The number of thiophene rings is 1. The predicted octanol–water partition coefficient (Wildman–Crippen LogP) is 5.45. The maximum Gasteiger partial charge on any atom is 0.431 e. The molecular formula is C25H24FN3O5S. The molecule has 0 spiro atoms. The molecule has 182 valence electrons. The number of methoxy groups -OCH3 is 1. The molecule has 35 heavy (non-hydrogen) atoms. The number of rotatable bonds is 9. The minimum absolute atomic E-state index is 0.169. The van der Waals surface area contributed by atoms with Gasteiger partial charge in [0.1, 0.15) is 11.8 Å². The van der Waals surface area contributed by atoms with E-state index in [1.165, 1.54) is 23.5 Å². The van der Waals surface area contributed by atoms with Crippen molar-refractivity contribution < 1.29 is 28.2 Å². The van der Waals surface area contributed by atoms with Crippen LogP contribution in [0.3, 0.4) is 0 Å². The first kappa shape index (κ1) is 24.2. The Balaban J connectivity index is 1.53. The van der Waals surface area contributed by atoms with Crippen molar-refractivity contribution >= 4 is 34.7 Å². The zero-order valence-corrected chi connectivity index (χ0v) is 20.0. The molecule has 1 N–H and O–H groups in total. The number of carbonyl (C=O) groups excluding carboxylic acids is 2. The van der Waals surface area contributed by atoms with E-state index in [1.807, 2.05) is 18.4 Å². The molecule has 0 saturated heterocycles. The van der Waals surface area contributed by atoms with Crippen LogP contribution in [0.4, 0.5) is 14.9 Å². The standard InChI is InChI=1S/C25H24FN3O5S/c1-3-19-23(17-8-11-20(32-2)21(13-17)33-15-26)28-29(25(31)34-19)14-16-6-9-18(10-7-16)27-24(30)22-5-4-12-35-22/h4-13,19H,3,14-15H2,1-2H3,(H,27,30). The molecule has 0 fully saturated rings. The van der Waals surface area contributed by atoms with E-state index in [2.05, 4.69) is 10.4 Å². The molecule has 2 aromatic carbocycles. The van der Waals surface area contributed by atoms with Gasteiger partial charge in [-0.3, -0.25) is 4.79 Å². The summed E-state index contributed by atoms with van der Waals surface area (Å²) in [5.74, 6) is 0.437. The van der Waals surface area contributed by atoms with Gasteiger partial charge in [0.05, 0.1) is 18.5 Å². The Kier molecular flexibility index (Phi) is 7.61. The third kappa shape index (κ3) is 5.60. The van der Waals surface area contributed by atoms with Crippen molar-refractivity contribution in [1.29, 1.82) is 0 Å². The van der Waals surface area contributed by atoms with E-state index in [9.17, 15) is 14.0 Å². The smallest absolute Gasteiger partial charge is 0.431 e. The number of cyclic esters (lactones) is 1. The van der Waals surface area contributed by atoms with Gasteiger partial charge >= 0.3 is 6.09 Å². The number of carbonyl (C=O) groups is 2. The molecule has 1 aliphatic heterocycles. The van der Waals surface area contributed by atoms with E-state index in [-0.39, 0.29) is 18.2 Å². The van der Waals surface area contributed by atoms with Gasteiger partial charge in [-0.15, -0.1) is 11.3 Å². The summed E-state index contributed by atoms with van der Waals surface area (Å²) in [7, 11) is 1.47. The number of ether oxygens (including phenoxy) is 3. The quantitative estimate of drug-likeness (QED) is 0.425. The Morgan fingerprint density at radius 3 is 2.66 bits per heavy atom. The summed E-state index contributed by atoms with van der Waals surface area (Å²) < 4.78 is 28.7. The van der Waals surface area contributed by atoms with Crippen molar-refractivity contribution in [3.63, 3.8) is 0 Å². The summed E-state index contributed by atoms with van der Waals surface area (Å²) >= 11 is 1.36. The molecule has 0 radical (unpaired) electrons. The summed E-state index contributed by atoms with van der Waals surface area (Å²) in [4.78, 5) is 25.5. The summed E-state index contributed by atoms with van der Waals surface area (Å²) in [6.45, 7) is 1.05. The molecule has 2 amide bonds. The van der Waals surface area contributed by atoms with Gasteiger partial charge in [-0.25, -0.2) is 9.18 Å². The fourth-order valence-electron chi connectivity index (χ4n) is 3.57. The second-order valence-electron chi connectivity index (χ2n) is 7.57. The Bertz CT molecular complexity index is 1210. The van der Waals surface area contributed by atoms with E-state index in [0.29, 0.717) is 34.0 Å². The fourth-order valence-corrected chi connectivity index (χ4v) is 4.19. The van der Waals surface area contributed by atoms with Gasteiger partial charge in [0.25, 0.3) is 5.91 Å². The Labute approximate surface area is 205 Å². The largest absolute Gasteiger partial charge is 0.493 e. The van der Waals surface area contributed by atoms with Gasteiger partial charge < -0.3 is 19.5 Å². The molecule has 8 nitrogen and oxygen atoms in total. The van der Waals surface area contributed by atoms with Crippen molar-refractivity contribution in [3.8, 4) is 11.5 Å². The van der Waals surface area contributed by atoms with Gasteiger partial charge in [-0.1, -0.05) is 25.1 Å². The zero-order valence-electron chi connectivity index (χ0n) is 19.2. The normalized spacial score (nSPS) is 15.3. The van der Waals surface area contributed by atoms with Crippen LogP contribution in [0.15, 0.2) is 65.1 Å². The summed E-state index contributed by atoms with van der Waals surface area (Å²) in [6, 6.07) is 15.7. The summed E-state index contributed by atoms with van der Waals surface area (Å²) in [6.07, 6.45) is -0.604. The van der Waals surface area contributed by atoms with Crippen molar-refractivity contribution in [2.75, 3.05) is 19.3 Å². The average Bonchev–Trinajstić information content (AvgIpc) is 3.42. The number of benzene rings is 2. The molecule has 1 unspecified atom stereocenters. The first-order valence-corrected chi connectivity index (χ1v) is 11.8. The van der Waals surface area contributed by atoms with Gasteiger partial charge in [-0.05, 0) is 53.8 Å². The van der Waals surface area contributed by atoms with Crippen LogP contribution in [0.2, 0.25) is 0 Å². The lowest BCUT2D eigenvalue weighted by Gasteiger charge is -2.29. The van der Waals surface area contributed by atoms with Gasteiger partial charge in [-0.2, -0.15) is 10.1 Å². The van der Waals surface area contributed by atoms with E-state index in [0.717, 1.165) is 5.56 Å². The molecule has 0 saturated carbocycles. The number of amides is 2. The number of hydrazone groups is 1. The summed E-state index contributed by atoms with van der Waals surface area (Å²) in [5, 5.41) is 10.5. The lowest BCUT2D eigenvalue weighted by atomic mass is 10.0. The van der Waals surface area contributed by atoms with Crippen LogP contribution in [0.5, 0.6) is 11.5 Å². The monoisotopic (exact) mass is 497 g/mol. The highest BCUT2D eigenvalue weighted by molar-refractivity contribution is 7.12. The highest BCUT2D eigenvalue weighted by Gasteiger charge is 2.31. The third-order valence-corrected chi connectivity index (χ3v) is 6.19. The van der Waals surface area contributed by atoms with Gasteiger partial charge in [0.2, 0.25) is 6.86 Å². The fraction of sp³-hybridized carbons (Fsp3) is 0.240. The molecule has 2 heterocycles. The van der Waals surface area contributed by atoms with Crippen LogP contribution < -0.4 is 14.8 Å². The Morgan fingerprint density at radius 2 is 2.00 bits per heavy atom. The Hall–Kier alpha value is -3.92. The first-order chi connectivity index (χ1) is 17.0. The van der Waals surface area contributed by atoms with E-state index < -0.39 is 19.1 Å². The highest BCUT2D eigenvalue weighted by Crippen LogP contribution is 2.30. The molecule has 10 heteroatoms. The molecule has 0 aliphatic carbocycles. The summed E-state index contributed by atoms with van der Waals surface area (Å²) in [5.41, 5.74) is 2.59. The molecular weight excluding hydrogens is 473 g/mol. The highest BCUT2D eigenvalue weighted by atomic mass is 32.1. The van der Waals surface area contributed by atoms with Crippen LogP contribution in [0.25, 0.3) is 0 Å². The second kappa shape index (κ2) is 11.0. The van der Waals surface area contributed by atoms with Crippen LogP contribution in [-0.2, 0) is 11.3 Å². The lowest BCUT2D eigenvalue weighted by Crippen LogP contribution is -2.41. The number of halogens is 1. The average molecular weight is 498 g/mol. The first-order valence-electron chi connectivity index (χ1n) is 10.9. The molecule has 1 aliphatic rings. The molecule has 1 aromatic heterocycles. The van der Waals surface area contributed by atoms with Crippen LogP contribution in [-0.4, -0.2) is 42.8 Å². The van der Waals surface area contributed by atoms with Crippen LogP contribution >= 0.6 is 11.3 Å². The minimum Gasteiger partial charge on any atom is -0.493 e. The van der Waals surface area contributed by atoms with Gasteiger partial charge in [0, 0.05) is 11.3 Å². The Morgan fingerprint density at radius 1 is 1.20 bits per heavy atom. The second-order valence-corrected chi connectivity index (χ2v) is 8.52. The maximum atomic E-state index is 12.8. The number of nitrogens with zero attached hydrogens (tertiary/aromatic N) is 2. The number of hydrogen-bond donors (Lipinski definition) is 1. The molecule has 1 atom stereocenters. The van der Waals surface area contributed by atoms with Crippen molar-refractivity contribution in [2.45, 2.75) is 26.0 Å². The zero-order chi connectivity index (χ0) is 24.8. The number of nitrogens with one attached hydrogen (secondary N) is 1. The van der Waals surface area contributed by atoms with Crippen LogP contribution in [0, 0.1) is 0 Å². The molecule has 3 aromatic rings. The SMILES string of the molecule is CCC1OC(=O)N(Cc2ccc(NC(=O)c3cccs3)cc2)N=C1c1ccc(OC)c(OCF)c1. The number of hydrogen-bond acceptors (Lipinski definition) is 7. The van der Waals surface area contributed by atoms with Crippen molar-refractivity contribution in [2.24, 2.45) is 5.10 Å². The third-order valence-electron chi connectivity index (χ3n) is 5.32. The topological polar surface area (TPSA) is 89.5 Å². The van der Waals surface area contributed by atoms with E-state index >= 15 is 0 Å². The molecule has 4 rings (SSSR count). The van der Waals surface area contributed by atoms with Crippen molar-refractivity contribution in [1.82, 2.24) is 5.01 Å². The lowest BCUT2D eigenvalue weighted by molar-refractivity contribution is 0.0712. The molecule has 0 bridgehead atoms. The van der Waals surface area contributed by atoms with Crippen LogP contribution in [0.1, 0.15) is 34.1 Å². The predicted molar refractivity (Wildman–Crippen MR) is 131 cm³/mol. The van der Waals surface area contributed by atoms with E-state index in [4.69, 9.17) is 14.2 Å². The van der Waals surface area contributed by atoms with Crippen molar-refractivity contribution in [3.05, 3.63) is 76.0 Å². The number of alkyl halides is 1.